The monoisotopic (exact) mass is 250 g/mol. The van der Waals surface area contributed by atoms with E-state index in [0.29, 0.717) is 5.69 Å². The van der Waals surface area contributed by atoms with Crippen molar-refractivity contribution < 1.29 is 13.6 Å². The Morgan fingerprint density at radius 3 is 2.67 bits per heavy atom. The van der Waals surface area contributed by atoms with Crippen molar-refractivity contribution in [3.05, 3.63) is 52.9 Å². The number of carbonyl (C=O) groups is 1. The summed E-state index contributed by atoms with van der Waals surface area (Å²) >= 11 is 0. The zero-order valence-electron chi connectivity index (χ0n) is 10.1. The topological polar surface area (TPSA) is 34.9 Å². The van der Waals surface area contributed by atoms with Gasteiger partial charge < -0.3 is 0 Å². The molecule has 0 aliphatic rings. The minimum Gasteiger partial charge on any atom is -0.294 e. The van der Waals surface area contributed by atoms with Gasteiger partial charge in [-0.3, -0.25) is 9.48 Å². The van der Waals surface area contributed by atoms with E-state index in [4.69, 9.17) is 0 Å². The molecule has 0 radical (unpaired) electrons. The SMILES string of the molecule is Cc1cc(C(=O)Cc2ccn(C)n2)c(F)cc1F. The number of carbonyl (C=O) groups excluding carboxylic acids is 1. The van der Waals surface area contributed by atoms with Crippen LogP contribution in [-0.4, -0.2) is 15.6 Å². The van der Waals surface area contributed by atoms with Crippen molar-refractivity contribution in [2.75, 3.05) is 0 Å². The van der Waals surface area contributed by atoms with E-state index in [-0.39, 0.29) is 17.5 Å². The van der Waals surface area contributed by atoms with Gasteiger partial charge in [0, 0.05) is 19.3 Å². The zero-order chi connectivity index (χ0) is 13.3. The van der Waals surface area contributed by atoms with Gasteiger partial charge in [-0.25, -0.2) is 8.78 Å². The maximum atomic E-state index is 13.5. The van der Waals surface area contributed by atoms with Crippen molar-refractivity contribution in [3.8, 4) is 0 Å². The van der Waals surface area contributed by atoms with E-state index in [1.54, 1.807) is 24.0 Å². The maximum Gasteiger partial charge on any atom is 0.171 e. The summed E-state index contributed by atoms with van der Waals surface area (Å²) in [6, 6.07) is 3.66. The van der Waals surface area contributed by atoms with Crippen LogP contribution in [0.4, 0.5) is 8.78 Å². The molecule has 0 amide bonds. The summed E-state index contributed by atoms with van der Waals surface area (Å²) in [6.45, 7) is 1.49. The fourth-order valence-electron chi connectivity index (χ4n) is 1.69. The summed E-state index contributed by atoms with van der Waals surface area (Å²) in [4.78, 5) is 11.9. The third-order valence-electron chi connectivity index (χ3n) is 2.66. The van der Waals surface area contributed by atoms with Gasteiger partial charge in [-0.1, -0.05) is 0 Å². The number of halogens is 2. The highest BCUT2D eigenvalue weighted by molar-refractivity contribution is 5.97. The molecule has 0 aliphatic heterocycles. The van der Waals surface area contributed by atoms with E-state index >= 15 is 0 Å². The summed E-state index contributed by atoms with van der Waals surface area (Å²) in [6.07, 6.45) is 1.71. The number of ketones is 1. The summed E-state index contributed by atoms with van der Waals surface area (Å²) in [5, 5.41) is 4.05. The van der Waals surface area contributed by atoms with Gasteiger partial charge in [-0.15, -0.1) is 0 Å². The molecule has 1 aromatic heterocycles. The average Bonchev–Trinajstić information content (AvgIpc) is 2.69. The predicted molar refractivity (Wildman–Crippen MR) is 62.3 cm³/mol. The van der Waals surface area contributed by atoms with E-state index in [1.807, 2.05) is 0 Å². The second-order valence-corrected chi connectivity index (χ2v) is 4.16. The Bertz CT molecular complexity index is 605. The first-order valence-electron chi connectivity index (χ1n) is 5.44. The number of aromatic nitrogens is 2. The summed E-state index contributed by atoms with van der Waals surface area (Å²) in [5.74, 6) is -1.89. The molecule has 94 valence electrons. The Morgan fingerprint density at radius 1 is 1.33 bits per heavy atom. The van der Waals surface area contributed by atoms with Crippen LogP contribution in [0, 0.1) is 18.6 Å². The number of benzene rings is 1. The van der Waals surface area contributed by atoms with Gasteiger partial charge in [0.15, 0.2) is 5.78 Å². The largest absolute Gasteiger partial charge is 0.294 e. The van der Waals surface area contributed by atoms with Crippen LogP contribution in [0.1, 0.15) is 21.6 Å². The number of rotatable bonds is 3. The molecule has 3 nitrogen and oxygen atoms in total. The van der Waals surface area contributed by atoms with Gasteiger partial charge >= 0.3 is 0 Å². The smallest absolute Gasteiger partial charge is 0.171 e. The Hall–Kier alpha value is -2.04. The lowest BCUT2D eigenvalue weighted by Gasteiger charge is -2.04. The molecule has 0 bridgehead atoms. The third-order valence-corrected chi connectivity index (χ3v) is 2.66. The molecule has 1 heterocycles. The molecule has 2 aromatic rings. The lowest BCUT2D eigenvalue weighted by atomic mass is 10.0. The number of aryl methyl sites for hydroxylation is 2. The van der Waals surface area contributed by atoms with Crippen molar-refractivity contribution in [3.63, 3.8) is 0 Å². The van der Waals surface area contributed by atoms with Crippen molar-refractivity contribution >= 4 is 5.78 Å². The quantitative estimate of drug-likeness (QED) is 0.784. The minimum atomic E-state index is -0.834. The highest BCUT2D eigenvalue weighted by Crippen LogP contribution is 2.16. The summed E-state index contributed by atoms with van der Waals surface area (Å²) in [5.41, 5.74) is 0.712. The molecule has 18 heavy (non-hydrogen) atoms. The molecule has 5 heteroatoms. The molecule has 0 spiro atoms. The molecule has 0 N–H and O–H groups in total. The van der Waals surface area contributed by atoms with Crippen LogP contribution in [-0.2, 0) is 13.5 Å². The molecule has 0 aliphatic carbocycles. The number of nitrogens with zero attached hydrogens (tertiary/aromatic N) is 2. The van der Waals surface area contributed by atoms with Crippen LogP contribution >= 0.6 is 0 Å². The van der Waals surface area contributed by atoms with Crippen LogP contribution in [0.2, 0.25) is 0 Å². The zero-order valence-corrected chi connectivity index (χ0v) is 10.1. The Balaban J connectivity index is 2.26. The second-order valence-electron chi connectivity index (χ2n) is 4.16. The van der Waals surface area contributed by atoms with Crippen LogP contribution in [0.5, 0.6) is 0 Å². The van der Waals surface area contributed by atoms with Crippen molar-refractivity contribution in [1.82, 2.24) is 9.78 Å². The Kier molecular flexibility index (Phi) is 3.23. The average molecular weight is 250 g/mol. The molecule has 0 atom stereocenters. The molecule has 1 aromatic carbocycles. The highest BCUT2D eigenvalue weighted by Gasteiger charge is 2.15. The van der Waals surface area contributed by atoms with Gasteiger partial charge in [0.05, 0.1) is 17.7 Å². The van der Waals surface area contributed by atoms with Crippen LogP contribution in [0.25, 0.3) is 0 Å². The molecular formula is C13H12F2N2O. The lowest BCUT2D eigenvalue weighted by Crippen LogP contribution is -2.08. The number of Topliss-reactive ketones (excluding diaryl/α,β-unsaturated/α-hetero) is 1. The van der Waals surface area contributed by atoms with Gasteiger partial charge in [-0.2, -0.15) is 5.10 Å². The van der Waals surface area contributed by atoms with Gasteiger partial charge in [0.2, 0.25) is 0 Å². The Labute approximate surface area is 103 Å². The predicted octanol–water partition coefficient (Wildman–Crippen LogP) is 2.43. The number of hydrogen-bond acceptors (Lipinski definition) is 2. The standard InChI is InChI=1S/C13H12F2N2O/c1-8-5-10(12(15)7-11(8)14)13(18)6-9-3-4-17(2)16-9/h3-5,7H,6H2,1-2H3. The summed E-state index contributed by atoms with van der Waals surface area (Å²) < 4.78 is 28.2. The van der Waals surface area contributed by atoms with Crippen LogP contribution in [0.15, 0.2) is 24.4 Å². The lowest BCUT2D eigenvalue weighted by molar-refractivity contribution is 0.0987. The highest BCUT2D eigenvalue weighted by atomic mass is 19.1. The van der Waals surface area contributed by atoms with Crippen molar-refractivity contribution in [2.24, 2.45) is 7.05 Å². The molecule has 2 rings (SSSR count). The number of hydrogen-bond donors (Lipinski definition) is 0. The van der Waals surface area contributed by atoms with E-state index in [2.05, 4.69) is 5.10 Å². The third kappa shape index (κ3) is 2.45. The minimum absolute atomic E-state index is 0.00281. The molecule has 0 saturated carbocycles. The van der Waals surface area contributed by atoms with E-state index < -0.39 is 17.4 Å². The first-order valence-corrected chi connectivity index (χ1v) is 5.44. The molecular weight excluding hydrogens is 238 g/mol. The van der Waals surface area contributed by atoms with E-state index in [1.165, 1.54) is 13.0 Å². The maximum absolute atomic E-state index is 13.5. The van der Waals surface area contributed by atoms with Gasteiger partial charge in [0.25, 0.3) is 0 Å². The van der Waals surface area contributed by atoms with Gasteiger partial charge in [-0.05, 0) is 24.6 Å². The van der Waals surface area contributed by atoms with Crippen molar-refractivity contribution in [1.29, 1.82) is 0 Å². The fraction of sp³-hybridized carbons (Fsp3) is 0.231. The van der Waals surface area contributed by atoms with Crippen molar-refractivity contribution in [2.45, 2.75) is 13.3 Å². The first-order chi connectivity index (χ1) is 8.47. The molecule has 0 fully saturated rings. The normalized spacial score (nSPS) is 10.7. The molecule has 0 saturated heterocycles. The van der Waals surface area contributed by atoms with Crippen LogP contribution < -0.4 is 0 Å². The van der Waals surface area contributed by atoms with Crippen LogP contribution in [0.3, 0.4) is 0 Å². The molecule has 0 unspecified atom stereocenters. The summed E-state index contributed by atoms with van der Waals surface area (Å²) in [7, 11) is 1.73. The van der Waals surface area contributed by atoms with Gasteiger partial charge in [0.1, 0.15) is 11.6 Å². The fourth-order valence-corrected chi connectivity index (χ4v) is 1.69. The van der Waals surface area contributed by atoms with E-state index in [9.17, 15) is 13.6 Å². The first kappa shape index (κ1) is 12.4. The Morgan fingerprint density at radius 2 is 2.06 bits per heavy atom. The second kappa shape index (κ2) is 4.68. The van der Waals surface area contributed by atoms with E-state index in [0.717, 1.165) is 6.07 Å².